The van der Waals surface area contributed by atoms with Crippen molar-refractivity contribution in [3.05, 3.63) is 38.3 Å². The molecule has 1 rings (SSSR count). The SMILES string of the molecule is CC(C)CN(CC(=O)O)Cc1ccc([N+](=O)[O-])cc1Br. The lowest BCUT2D eigenvalue weighted by atomic mass is 10.1. The highest BCUT2D eigenvalue weighted by atomic mass is 79.9. The maximum Gasteiger partial charge on any atom is 0.317 e. The number of benzene rings is 1. The molecule has 0 spiro atoms. The van der Waals surface area contributed by atoms with Crippen LogP contribution in [0.25, 0.3) is 0 Å². The van der Waals surface area contributed by atoms with Crippen LogP contribution in [0.1, 0.15) is 19.4 Å². The maximum atomic E-state index is 10.9. The first-order chi connectivity index (χ1) is 9.29. The zero-order valence-corrected chi connectivity index (χ0v) is 13.0. The van der Waals surface area contributed by atoms with Crippen LogP contribution in [0.3, 0.4) is 0 Å². The molecule has 0 aromatic heterocycles. The minimum Gasteiger partial charge on any atom is -0.480 e. The van der Waals surface area contributed by atoms with Crippen molar-refractivity contribution in [2.24, 2.45) is 5.92 Å². The second kappa shape index (κ2) is 7.35. The van der Waals surface area contributed by atoms with Crippen LogP contribution in [0.2, 0.25) is 0 Å². The highest BCUT2D eigenvalue weighted by Crippen LogP contribution is 2.24. The van der Waals surface area contributed by atoms with Gasteiger partial charge in [-0.3, -0.25) is 19.8 Å². The number of hydrogen-bond donors (Lipinski definition) is 1. The van der Waals surface area contributed by atoms with Gasteiger partial charge in [0.2, 0.25) is 0 Å². The topological polar surface area (TPSA) is 83.7 Å². The van der Waals surface area contributed by atoms with Crippen molar-refractivity contribution in [3.63, 3.8) is 0 Å². The van der Waals surface area contributed by atoms with Crippen molar-refractivity contribution in [2.45, 2.75) is 20.4 Å². The Bertz CT molecular complexity index is 505. The van der Waals surface area contributed by atoms with E-state index in [1.165, 1.54) is 12.1 Å². The molecule has 20 heavy (non-hydrogen) atoms. The van der Waals surface area contributed by atoms with Gasteiger partial charge in [-0.15, -0.1) is 0 Å². The number of aliphatic carboxylic acids is 1. The lowest BCUT2D eigenvalue weighted by Crippen LogP contribution is -2.32. The summed E-state index contributed by atoms with van der Waals surface area (Å²) < 4.78 is 0.617. The Hall–Kier alpha value is -1.47. The van der Waals surface area contributed by atoms with E-state index in [-0.39, 0.29) is 12.2 Å². The zero-order valence-electron chi connectivity index (χ0n) is 11.4. The average Bonchev–Trinajstić information content (AvgIpc) is 2.29. The number of nitro benzene ring substituents is 1. The average molecular weight is 345 g/mol. The highest BCUT2D eigenvalue weighted by Gasteiger charge is 2.15. The fourth-order valence-corrected chi connectivity index (χ4v) is 2.40. The molecule has 0 radical (unpaired) electrons. The number of carboxylic acids is 1. The van der Waals surface area contributed by atoms with E-state index in [0.29, 0.717) is 23.5 Å². The fraction of sp³-hybridized carbons (Fsp3) is 0.462. The second-order valence-electron chi connectivity index (χ2n) is 4.99. The minimum absolute atomic E-state index is 0.00858. The van der Waals surface area contributed by atoms with E-state index < -0.39 is 10.9 Å². The van der Waals surface area contributed by atoms with Gasteiger partial charge < -0.3 is 5.11 Å². The van der Waals surface area contributed by atoms with Gasteiger partial charge in [0.1, 0.15) is 0 Å². The first-order valence-electron chi connectivity index (χ1n) is 6.16. The van der Waals surface area contributed by atoms with Crippen LogP contribution < -0.4 is 0 Å². The minimum atomic E-state index is -0.885. The first-order valence-corrected chi connectivity index (χ1v) is 6.96. The number of non-ortho nitro benzene ring substituents is 1. The Labute approximate surface area is 125 Å². The van der Waals surface area contributed by atoms with Crippen molar-refractivity contribution in [1.29, 1.82) is 0 Å². The zero-order chi connectivity index (χ0) is 15.3. The van der Waals surface area contributed by atoms with E-state index in [0.717, 1.165) is 5.56 Å². The Morgan fingerprint density at radius 1 is 1.50 bits per heavy atom. The number of carboxylic acid groups (broad SMARTS) is 1. The van der Waals surface area contributed by atoms with E-state index in [9.17, 15) is 14.9 Å². The molecular formula is C13H17BrN2O4. The molecule has 0 unspecified atom stereocenters. The number of halogens is 1. The predicted molar refractivity (Wildman–Crippen MR) is 78.5 cm³/mol. The summed E-state index contributed by atoms with van der Waals surface area (Å²) in [5.74, 6) is -0.546. The molecule has 110 valence electrons. The van der Waals surface area contributed by atoms with Crippen LogP contribution in [0, 0.1) is 16.0 Å². The van der Waals surface area contributed by atoms with Crippen molar-refractivity contribution < 1.29 is 14.8 Å². The normalized spacial score (nSPS) is 11.1. The van der Waals surface area contributed by atoms with Crippen LogP contribution in [0.4, 0.5) is 5.69 Å². The summed E-state index contributed by atoms with van der Waals surface area (Å²) in [6, 6.07) is 4.51. The molecule has 0 amide bonds. The molecule has 1 aromatic carbocycles. The van der Waals surface area contributed by atoms with Crippen LogP contribution in [0.15, 0.2) is 22.7 Å². The van der Waals surface area contributed by atoms with Gasteiger partial charge in [0.05, 0.1) is 11.5 Å². The molecule has 1 N–H and O–H groups in total. The molecule has 0 heterocycles. The van der Waals surface area contributed by atoms with E-state index >= 15 is 0 Å². The Morgan fingerprint density at radius 3 is 2.60 bits per heavy atom. The molecule has 0 saturated heterocycles. The van der Waals surface area contributed by atoms with Crippen LogP contribution in [-0.2, 0) is 11.3 Å². The second-order valence-corrected chi connectivity index (χ2v) is 5.84. The first kappa shape index (κ1) is 16.6. The van der Waals surface area contributed by atoms with E-state index in [1.807, 2.05) is 13.8 Å². The van der Waals surface area contributed by atoms with Crippen molar-refractivity contribution in [2.75, 3.05) is 13.1 Å². The molecule has 6 nitrogen and oxygen atoms in total. The van der Waals surface area contributed by atoms with Gasteiger partial charge in [0.15, 0.2) is 0 Å². The Balaban J connectivity index is 2.87. The largest absolute Gasteiger partial charge is 0.480 e. The number of carbonyl (C=O) groups is 1. The third kappa shape index (κ3) is 5.26. The van der Waals surface area contributed by atoms with Crippen LogP contribution in [-0.4, -0.2) is 34.0 Å². The quantitative estimate of drug-likeness (QED) is 0.607. The van der Waals surface area contributed by atoms with Gasteiger partial charge in [-0.05, 0) is 17.5 Å². The Morgan fingerprint density at radius 2 is 2.15 bits per heavy atom. The molecule has 0 aliphatic rings. The highest BCUT2D eigenvalue weighted by molar-refractivity contribution is 9.10. The summed E-state index contributed by atoms with van der Waals surface area (Å²) in [6.45, 7) is 5.06. The van der Waals surface area contributed by atoms with Gasteiger partial charge in [-0.2, -0.15) is 0 Å². The number of nitro groups is 1. The number of hydrogen-bond acceptors (Lipinski definition) is 4. The number of nitrogens with zero attached hydrogens (tertiary/aromatic N) is 2. The molecule has 0 aliphatic heterocycles. The maximum absolute atomic E-state index is 10.9. The summed E-state index contributed by atoms with van der Waals surface area (Å²) in [6.07, 6.45) is 0. The molecule has 1 aromatic rings. The summed E-state index contributed by atoms with van der Waals surface area (Å²) in [5.41, 5.74) is 0.840. The summed E-state index contributed by atoms with van der Waals surface area (Å²) >= 11 is 3.30. The summed E-state index contributed by atoms with van der Waals surface area (Å²) in [7, 11) is 0. The van der Waals surface area contributed by atoms with Crippen LogP contribution >= 0.6 is 15.9 Å². The predicted octanol–water partition coefficient (Wildman–Crippen LogP) is 2.90. The van der Waals surface area contributed by atoms with E-state index in [4.69, 9.17) is 5.11 Å². The molecule has 7 heteroatoms. The molecule has 0 bridgehead atoms. The summed E-state index contributed by atoms with van der Waals surface area (Å²) in [5, 5.41) is 19.6. The van der Waals surface area contributed by atoms with Crippen molar-refractivity contribution >= 4 is 27.6 Å². The van der Waals surface area contributed by atoms with Gasteiger partial charge in [0.25, 0.3) is 5.69 Å². The fourth-order valence-electron chi connectivity index (χ4n) is 1.91. The van der Waals surface area contributed by atoms with Crippen molar-refractivity contribution in [1.82, 2.24) is 4.90 Å². The lowest BCUT2D eigenvalue weighted by Gasteiger charge is -2.22. The molecule has 0 aliphatic carbocycles. The number of rotatable bonds is 7. The van der Waals surface area contributed by atoms with Crippen molar-refractivity contribution in [3.8, 4) is 0 Å². The molecule has 0 fully saturated rings. The van der Waals surface area contributed by atoms with E-state index in [1.54, 1.807) is 11.0 Å². The third-order valence-electron chi connectivity index (χ3n) is 2.62. The Kier molecular flexibility index (Phi) is 6.09. The van der Waals surface area contributed by atoms with Gasteiger partial charge in [-0.25, -0.2) is 0 Å². The molecule has 0 atom stereocenters. The standard InChI is InChI=1S/C13H17BrN2O4/c1-9(2)6-15(8-13(17)18)7-10-3-4-11(16(19)20)5-12(10)14/h3-5,9H,6-8H2,1-2H3,(H,17,18). The molecular weight excluding hydrogens is 328 g/mol. The van der Waals surface area contributed by atoms with Gasteiger partial charge in [-0.1, -0.05) is 29.8 Å². The third-order valence-corrected chi connectivity index (χ3v) is 3.36. The van der Waals surface area contributed by atoms with Gasteiger partial charge in [0, 0.05) is 29.7 Å². The van der Waals surface area contributed by atoms with E-state index in [2.05, 4.69) is 15.9 Å². The molecule has 0 saturated carbocycles. The summed E-state index contributed by atoms with van der Waals surface area (Å²) in [4.78, 5) is 22.9. The van der Waals surface area contributed by atoms with Gasteiger partial charge >= 0.3 is 5.97 Å². The lowest BCUT2D eigenvalue weighted by molar-refractivity contribution is -0.384. The van der Waals surface area contributed by atoms with Crippen LogP contribution in [0.5, 0.6) is 0 Å². The smallest absolute Gasteiger partial charge is 0.317 e. The monoisotopic (exact) mass is 344 g/mol.